The van der Waals surface area contributed by atoms with Crippen LogP contribution in [0.5, 0.6) is 0 Å². The highest BCUT2D eigenvalue weighted by atomic mass is 16.7. The zero-order chi connectivity index (χ0) is 41.9. The summed E-state index contributed by atoms with van der Waals surface area (Å²) in [6.45, 7) is 15.5. The van der Waals surface area contributed by atoms with E-state index >= 15 is 0 Å². The molecule has 0 saturated heterocycles. The second-order valence-corrected chi connectivity index (χ2v) is 16.7. The van der Waals surface area contributed by atoms with E-state index in [-0.39, 0.29) is 50.9 Å². The standard InChI is InChI=1S/C41H75N3O11/c1-10-52-37(35(48)49)53-30-29-42-38(51)41(8,9)44-33(46)28-27-31(36(50)55-40(5,6)7)43-32(45)25-23-21-19-17-15-13-11-12-14-16-18-20-22-24-26-34(47)54-39(2,3)4/h31,37H,10-30H2,1-9H3,(H,42,51)(H,43,45)(H,44,46)(H,48,49)/t31-,37?/m0/s1. The van der Waals surface area contributed by atoms with E-state index < -0.39 is 52.8 Å². The zero-order valence-corrected chi connectivity index (χ0v) is 35.5. The Labute approximate surface area is 330 Å². The van der Waals surface area contributed by atoms with Gasteiger partial charge in [-0.15, -0.1) is 0 Å². The van der Waals surface area contributed by atoms with Gasteiger partial charge in [0.05, 0.1) is 6.61 Å². The van der Waals surface area contributed by atoms with Gasteiger partial charge in [-0.2, -0.15) is 0 Å². The van der Waals surface area contributed by atoms with E-state index in [2.05, 4.69) is 16.0 Å². The van der Waals surface area contributed by atoms with E-state index in [1.165, 1.54) is 58.8 Å². The Bertz CT molecular complexity index is 1150. The lowest BCUT2D eigenvalue weighted by atomic mass is 10.0. The molecule has 55 heavy (non-hydrogen) atoms. The molecular weight excluding hydrogens is 710 g/mol. The van der Waals surface area contributed by atoms with Crippen molar-refractivity contribution in [3.63, 3.8) is 0 Å². The molecule has 0 spiro atoms. The van der Waals surface area contributed by atoms with Gasteiger partial charge in [-0.3, -0.25) is 19.2 Å². The van der Waals surface area contributed by atoms with Crippen LogP contribution >= 0.6 is 0 Å². The fourth-order valence-electron chi connectivity index (χ4n) is 5.59. The minimum Gasteiger partial charge on any atom is -0.477 e. The van der Waals surface area contributed by atoms with Gasteiger partial charge >= 0.3 is 17.9 Å². The summed E-state index contributed by atoms with van der Waals surface area (Å²) in [4.78, 5) is 74.1. The molecule has 0 aromatic rings. The summed E-state index contributed by atoms with van der Waals surface area (Å²) in [6, 6.07) is -1.02. The SMILES string of the molecule is CCOC(OCCNC(=O)C(C)(C)NC(=O)CC[C@H](NC(=O)CCCCCCCCCCCCCCCCC(=O)OC(C)(C)C)C(=O)OC(C)(C)C)C(=O)O. The Morgan fingerprint density at radius 1 is 0.600 bits per heavy atom. The van der Waals surface area contributed by atoms with Gasteiger partial charge in [-0.1, -0.05) is 77.0 Å². The lowest BCUT2D eigenvalue weighted by Crippen LogP contribution is -2.55. The Balaban J connectivity index is 4.37. The smallest absolute Gasteiger partial charge is 0.361 e. The Morgan fingerprint density at radius 3 is 1.53 bits per heavy atom. The molecule has 0 rings (SSSR count). The predicted molar refractivity (Wildman–Crippen MR) is 211 cm³/mol. The van der Waals surface area contributed by atoms with Gasteiger partial charge in [0.1, 0.15) is 22.8 Å². The van der Waals surface area contributed by atoms with Crippen molar-refractivity contribution >= 4 is 35.6 Å². The summed E-state index contributed by atoms with van der Waals surface area (Å²) in [6.07, 6.45) is 14.6. The maximum Gasteiger partial charge on any atom is 0.361 e. The van der Waals surface area contributed by atoms with Crippen molar-refractivity contribution in [1.29, 1.82) is 0 Å². The number of aliphatic carboxylic acids is 1. The van der Waals surface area contributed by atoms with Gasteiger partial charge in [0, 0.05) is 32.4 Å². The average Bonchev–Trinajstić information content (AvgIpc) is 3.05. The number of carbonyl (C=O) groups is 6. The van der Waals surface area contributed by atoms with Crippen LogP contribution in [-0.2, 0) is 47.7 Å². The highest BCUT2D eigenvalue weighted by Gasteiger charge is 2.31. The lowest BCUT2D eigenvalue weighted by Gasteiger charge is -2.27. The van der Waals surface area contributed by atoms with Crippen LogP contribution in [0.3, 0.4) is 0 Å². The van der Waals surface area contributed by atoms with Crippen LogP contribution in [0.4, 0.5) is 0 Å². The molecule has 0 aromatic heterocycles. The summed E-state index contributed by atoms with van der Waals surface area (Å²) in [5.74, 6) is -3.31. The molecule has 2 atom stereocenters. The summed E-state index contributed by atoms with van der Waals surface area (Å²) in [5, 5.41) is 17.1. The summed E-state index contributed by atoms with van der Waals surface area (Å²) in [5.41, 5.74) is -2.52. The molecule has 14 nitrogen and oxygen atoms in total. The molecule has 1 unspecified atom stereocenters. The second-order valence-electron chi connectivity index (χ2n) is 16.7. The maximum absolute atomic E-state index is 12.9. The van der Waals surface area contributed by atoms with Crippen LogP contribution in [0.1, 0.15) is 178 Å². The fraction of sp³-hybridized carbons (Fsp3) is 0.854. The van der Waals surface area contributed by atoms with E-state index in [4.69, 9.17) is 24.1 Å². The summed E-state index contributed by atoms with van der Waals surface area (Å²) in [7, 11) is 0. The van der Waals surface area contributed by atoms with Gasteiger partial charge in [0.15, 0.2) is 0 Å². The van der Waals surface area contributed by atoms with Crippen molar-refractivity contribution in [1.82, 2.24) is 16.0 Å². The number of esters is 2. The first kappa shape index (κ1) is 51.7. The van der Waals surface area contributed by atoms with Crippen molar-refractivity contribution in [3.8, 4) is 0 Å². The third-order valence-corrected chi connectivity index (χ3v) is 8.34. The number of rotatable bonds is 31. The van der Waals surface area contributed by atoms with E-state index in [0.717, 1.165) is 38.5 Å². The molecule has 4 N–H and O–H groups in total. The number of nitrogens with one attached hydrogen (secondary N) is 3. The number of carboxylic acids is 1. The minimum atomic E-state index is -1.44. The first-order valence-corrected chi connectivity index (χ1v) is 20.5. The first-order chi connectivity index (χ1) is 25.7. The number of unbranched alkanes of at least 4 members (excludes halogenated alkanes) is 13. The van der Waals surface area contributed by atoms with Crippen molar-refractivity contribution in [3.05, 3.63) is 0 Å². The lowest BCUT2D eigenvalue weighted by molar-refractivity contribution is -0.188. The zero-order valence-electron chi connectivity index (χ0n) is 35.5. The molecule has 0 aliphatic rings. The molecule has 14 heteroatoms. The molecule has 320 valence electrons. The van der Waals surface area contributed by atoms with Crippen LogP contribution in [0.25, 0.3) is 0 Å². The molecule has 0 aliphatic heterocycles. The monoisotopic (exact) mass is 786 g/mol. The van der Waals surface area contributed by atoms with Crippen LogP contribution < -0.4 is 16.0 Å². The molecule has 0 radical (unpaired) electrons. The number of amides is 3. The van der Waals surface area contributed by atoms with Crippen LogP contribution in [0, 0.1) is 0 Å². The molecule has 0 heterocycles. The van der Waals surface area contributed by atoms with E-state index in [0.29, 0.717) is 12.8 Å². The van der Waals surface area contributed by atoms with Crippen LogP contribution in [-0.4, -0.2) is 89.6 Å². The number of hydrogen-bond acceptors (Lipinski definition) is 10. The van der Waals surface area contributed by atoms with E-state index in [9.17, 15) is 28.8 Å². The highest BCUT2D eigenvalue weighted by molar-refractivity contribution is 5.91. The molecule has 3 amide bonds. The minimum absolute atomic E-state index is 0.00869. The number of hydrogen-bond donors (Lipinski definition) is 4. The van der Waals surface area contributed by atoms with Gasteiger partial charge in [0.25, 0.3) is 6.29 Å². The molecular formula is C41H75N3O11. The third kappa shape index (κ3) is 29.7. The highest BCUT2D eigenvalue weighted by Crippen LogP contribution is 2.16. The number of carboxylic acid groups (broad SMARTS) is 1. The summed E-state index contributed by atoms with van der Waals surface area (Å²) >= 11 is 0. The van der Waals surface area contributed by atoms with E-state index in [1.54, 1.807) is 27.7 Å². The van der Waals surface area contributed by atoms with Crippen molar-refractivity contribution in [2.45, 2.75) is 207 Å². The predicted octanol–water partition coefficient (Wildman–Crippen LogP) is 6.65. The molecule has 0 saturated carbocycles. The van der Waals surface area contributed by atoms with Crippen molar-refractivity contribution in [2.24, 2.45) is 0 Å². The van der Waals surface area contributed by atoms with E-state index in [1.807, 2.05) is 20.8 Å². The van der Waals surface area contributed by atoms with Crippen molar-refractivity contribution in [2.75, 3.05) is 19.8 Å². The van der Waals surface area contributed by atoms with Crippen molar-refractivity contribution < 1.29 is 52.8 Å². The van der Waals surface area contributed by atoms with Crippen LogP contribution in [0.2, 0.25) is 0 Å². The number of carbonyl (C=O) groups excluding carboxylic acids is 5. The fourth-order valence-corrected chi connectivity index (χ4v) is 5.59. The van der Waals surface area contributed by atoms with Gasteiger partial charge in [0.2, 0.25) is 17.7 Å². The number of ether oxygens (including phenoxy) is 4. The first-order valence-electron chi connectivity index (χ1n) is 20.5. The van der Waals surface area contributed by atoms with Gasteiger partial charge in [-0.05, 0) is 81.6 Å². The summed E-state index contributed by atoms with van der Waals surface area (Å²) < 4.78 is 20.9. The maximum atomic E-state index is 12.9. The Morgan fingerprint density at radius 2 is 1.07 bits per heavy atom. The third-order valence-electron chi connectivity index (χ3n) is 8.34. The largest absolute Gasteiger partial charge is 0.477 e. The normalized spacial score (nSPS) is 13.0. The second kappa shape index (κ2) is 28.2. The van der Waals surface area contributed by atoms with Crippen LogP contribution in [0.15, 0.2) is 0 Å². The molecule has 0 aromatic carbocycles. The molecule has 0 bridgehead atoms. The quantitative estimate of drug-likeness (QED) is 0.0334. The van der Waals surface area contributed by atoms with Gasteiger partial charge in [-0.25, -0.2) is 9.59 Å². The van der Waals surface area contributed by atoms with Gasteiger partial charge < -0.3 is 40.0 Å². The average molecular weight is 786 g/mol. The Kier molecular flexibility index (Phi) is 26.5. The Hall–Kier alpha value is -3.26. The molecule has 0 aliphatic carbocycles. The molecule has 0 fully saturated rings. The topological polar surface area (TPSA) is 196 Å².